The summed E-state index contributed by atoms with van der Waals surface area (Å²) in [5.74, 6) is 1.35. The Labute approximate surface area is 108 Å². The number of methoxy groups -OCH3 is 1. The minimum absolute atomic E-state index is 0.247. The number of Topliss-reactive ketones (excluding diaryl/α,β-unsaturated/α-hetero) is 1. The van der Waals surface area contributed by atoms with Crippen molar-refractivity contribution in [3.05, 3.63) is 29.8 Å². The molecule has 0 heterocycles. The Bertz CT molecular complexity index is 377. The molecule has 18 heavy (non-hydrogen) atoms. The van der Waals surface area contributed by atoms with Crippen molar-refractivity contribution in [3.8, 4) is 5.75 Å². The molecule has 0 N–H and O–H groups in total. The standard InChI is InChI=1S/C15H20O3/c1-17-14-8-6-12(7-9-14)10-18-11-15(16)13-4-2-3-5-13/h6-9,13H,2-5,10-11H2,1H3. The molecule has 1 aliphatic carbocycles. The van der Waals surface area contributed by atoms with Crippen molar-refractivity contribution < 1.29 is 14.3 Å². The minimum atomic E-state index is 0.247. The molecule has 3 nitrogen and oxygen atoms in total. The van der Waals surface area contributed by atoms with Gasteiger partial charge in [0.2, 0.25) is 0 Å². The van der Waals surface area contributed by atoms with Crippen LogP contribution in [-0.4, -0.2) is 19.5 Å². The number of benzene rings is 1. The number of ether oxygens (including phenoxy) is 2. The van der Waals surface area contributed by atoms with Crippen molar-refractivity contribution >= 4 is 5.78 Å². The first-order valence-corrected chi connectivity index (χ1v) is 6.53. The second-order valence-electron chi connectivity index (χ2n) is 4.79. The summed E-state index contributed by atoms with van der Waals surface area (Å²) in [6.45, 7) is 0.735. The third kappa shape index (κ3) is 3.57. The number of hydrogen-bond acceptors (Lipinski definition) is 3. The molecule has 0 spiro atoms. The van der Waals surface area contributed by atoms with Crippen LogP contribution in [0.2, 0.25) is 0 Å². The van der Waals surface area contributed by atoms with Gasteiger partial charge in [0.1, 0.15) is 12.4 Å². The van der Waals surface area contributed by atoms with Crippen molar-refractivity contribution in [1.82, 2.24) is 0 Å². The molecule has 0 unspecified atom stereocenters. The fraction of sp³-hybridized carbons (Fsp3) is 0.533. The first-order chi connectivity index (χ1) is 8.79. The zero-order valence-electron chi connectivity index (χ0n) is 10.9. The van der Waals surface area contributed by atoms with Gasteiger partial charge in [-0.25, -0.2) is 0 Å². The van der Waals surface area contributed by atoms with Crippen LogP contribution >= 0.6 is 0 Å². The van der Waals surface area contributed by atoms with Gasteiger partial charge in [-0.1, -0.05) is 25.0 Å². The molecule has 0 radical (unpaired) electrons. The normalized spacial score (nSPS) is 15.8. The second kappa shape index (κ2) is 6.55. The summed E-state index contributed by atoms with van der Waals surface area (Å²) in [4.78, 5) is 11.8. The summed E-state index contributed by atoms with van der Waals surface area (Å²) >= 11 is 0. The summed E-state index contributed by atoms with van der Waals surface area (Å²) in [5, 5.41) is 0. The first kappa shape index (κ1) is 13.1. The minimum Gasteiger partial charge on any atom is -0.497 e. The smallest absolute Gasteiger partial charge is 0.161 e. The molecule has 3 heteroatoms. The van der Waals surface area contributed by atoms with Gasteiger partial charge in [-0.2, -0.15) is 0 Å². The molecule has 0 amide bonds. The average molecular weight is 248 g/mol. The van der Waals surface area contributed by atoms with Crippen LogP contribution in [0.5, 0.6) is 5.75 Å². The van der Waals surface area contributed by atoms with Gasteiger partial charge < -0.3 is 9.47 Å². The van der Waals surface area contributed by atoms with E-state index in [0.717, 1.165) is 24.2 Å². The fourth-order valence-corrected chi connectivity index (χ4v) is 2.36. The second-order valence-corrected chi connectivity index (χ2v) is 4.79. The Kier molecular flexibility index (Phi) is 4.76. The van der Waals surface area contributed by atoms with Gasteiger partial charge >= 0.3 is 0 Å². The van der Waals surface area contributed by atoms with E-state index in [0.29, 0.717) is 6.61 Å². The highest BCUT2D eigenvalue weighted by Crippen LogP contribution is 2.25. The van der Waals surface area contributed by atoms with Crippen LogP contribution in [0, 0.1) is 5.92 Å². The van der Waals surface area contributed by atoms with Crippen molar-refractivity contribution in [3.63, 3.8) is 0 Å². The van der Waals surface area contributed by atoms with Crippen LogP contribution in [0.3, 0.4) is 0 Å². The van der Waals surface area contributed by atoms with E-state index in [1.54, 1.807) is 7.11 Å². The Morgan fingerprint density at radius 2 is 1.89 bits per heavy atom. The molecule has 0 aromatic heterocycles. The molecule has 0 bridgehead atoms. The summed E-state index contributed by atoms with van der Waals surface area (Å²) < 4.78 is 10.6. The van der Waals surface area contributed by atoms with Gasteiger partial charge in [0.15, 0.2) is 5.78 Å². The monoisotopic (exact) mass is 248 g/mol. The van der Waals surface area contributed by atoms with Crippen molar-refractivity contribution in [2.45, 2.75) is 32.3 Å². The number of carbonyl (C=O) groups excluding carboxylic acids is 1. The lowest BCUT2D eigenvalue weighted by Crippen LogP contribution is -2.17. The van der Waals surface area contributed by atoms with Crippen molar-refractivity contribution in [2.75, 3.05) is 13.7 Å². The lowest BCUT2D eigenvalue weighted by molar-refractivity contribution is -0.127. The van der Waals surface area contributed by atoms with Crippen molar-refractivity contribution in [1.29, 1.82) is 0 Å². The van der Waals surface area contributed by atoms with Gasteiger partial charge in [-0.3, -0.25) is 4.79 Å². The molecule has 2 rings (SSSR count). The van der Waals surface area contributed by atoms with Crippen molar-refractivity contribution in [2.24, 2.45) is 5.92 Å². The molecular weight excluding hydrogens is 228 g/mol. The van der Waals surface area contributed by atoms with E-state index in [2.05, 4.69) is 0 Å². The van der Waals surface area contributed by atoms with Gasteiger partial charge in [-0.15, -0.1) is 0 Å². The molecule has 0 saturated heterocycles. The molecule has 0 aliphatic heterocycles. The molecule has 1 saturated carbocycles. The van der Waals surface area contributed by atoms with Gasteiger partial charge in [0, 0.05) is 5.92 Å². The maximum absolute atomic E-state index is 11.8. The zero-order chi connectivity index (χ0) is 12.8. The Morgan fingerprint density at radius 1 is 1.22 bits per heavy atom. The van der Waals surface area contributed by atoms with E-state index in [4.69, 9.17) is 9.47 Å². The zero-order valence-corrected chi connectivity index (χ0v) is 10.9. The lowest BCUT2D eigenvalue weighted by Gasteiger charge is -2.08. The Morgan fingerprint density at radius 3 is 2.50 bits per heavy atom. The van der Waals surface area contributed by atoms with Gasteiger partial charge in [0.05, 0.1) is 13.7 Å². The van der Waals surface area contributed by atoms with Crippen LogP contribution in [-0.2, 0) is 16.1 Å². The predicted molar refractivity (Wildman–Crippen MR) is 69.6 cm³/mol. The third-order valence-electron chi connectivity index (χ3n) is 3.48. The van der Waals surface area contributed by atoms with E-state index in [1.165, 1.54) is 12.8 Å². The lowest BCUT2D eigenvalue weighted by atomic mass is 10.0. The van der Waals surface area contributed by atoms with E-state index >= 15 is 0 Å². The van der Waals surface area contributed by atoms with Crippen LogP contribution in [0.4, 0.5) is 0 Å². The van der Waals surface area contributed by atoms with Crippen LogP contribution in [0.1, 0.15) is 31.2 Å². The summed E-state index contributed by atoms with van der Waals surface area (Å²) in [7, 11) is 1.64. The fourth-order valence-electron chi connectivity index (χ4n) is 2.36. The van der Waals surface area contributed by atoms with E-state index < -0.39 is 0 Å². The molecule has 1 aromatic rings. The maximum Gasteiger partial charge on any atom is 0.161 e. The van der Waals surface area contributed by atoms with E-state index in [1.807, 2.05) is 24.3 Å². The van der Waals surface area contributed by atoms with E-state index in [9.17, 15) is 4.79 Å². The van der Waals surface area contributed by atoms with Gasteiger partial charge in [0.25, 0.3) is 0 Å². The number of hydrogen-bond donors (Lipinski definition) is 0. The highest BCUT2D eigenvalue weighted by molar-refractivity contribution is 5.82. The molecule has 1 fully saturated rings. The van der Waals surface area contributed by atoms with E-state index in [-0.39, 0.29) is 18.3 Å². The van der Waals surface area contributed by atoms with Gasteiger partial charge in [-0.05, 0) is 30.5 Å². The highest BCUT2D eigenvalue weighted by Gasteiger charge is 2.22. The Balaban J connectivity index is 1.72. The summed E-state index contributed by atoms with van der Waals surface area (Å²) in [6, 6.07) is 7.72. The third-order valence-corrected chi connectivity index (χ3v) is 3.48. The topological polar surface area (TPSA) is 35.5 Å². The molecule has 1 aliphatic rings. The SMILES string of the molecule is COc1ccc(COCC(=O)C2CCCC2)cc1. The highest BCUT2D eigenvalue weighted by atomic mass is 16.5. The molecule has 1 aromatic carbocycles. The molecular formula is C15H20O3. The predicted octanol–water partition coefficient (Wildman–Crippen LogP) is 2.97. The average Bonchev–Trinajstić information content (AvgIpc) is 2.93. The number of ketones is 1. The Hall–Kier alpha value is -1.35. The maximum atomic E-state index is 11.8. The molecule has 0 atom stereocenters. The first-order valence-electron chi connectivity index (χ1n) is 6.53. The molecule has 98 valence electrons. The summed E-state index contributed by atoms with van der Waals surface area (Å²) in [5.41, 5.74) is 1.06. The van der Waals surface area contributed by atoms with Crippen LogP contribution < -0.4 is 4.74 Å². The largest absolute Gasteiger partial charge is 0.497 e. The number of carbonyl (C=O) groups is 1. The number of rotatable bonds is 6. The van der Waals surface area contributed by atoms with Crippen LogP contribution in [0.15, 0.2) is 24.3 Å². The quantitative estimate of drug-likeness (QED) is 0.776. The summed E-state index contributed by atoms with van der Waals surface area (Å²) in [6.07, 6.45) is 4.47. The van der Waals surface area contributed by atoms with Crippen LogP contribution in [0.25, 0.3) is 0 Å².